The summed E-state index contributed by atoms with van der Waals surface area (Å²) < 4.78 is 5.67. The van der Waals surface area contributed by atoms with Crippen molar-refractivity contribution in [1.82, 2.24) is 5.32 Å². The fourth-order valence-electron chi connectivity index (χ4n) is 2.82. The summed E-state index contributed by atoms with van der Waals surface area (Å²) >= 11 is 1.88. The van der Waals surface area contributed by atoms with E-state index in [0.717, 1.165) is 35.8 Å². The largest absolute Gasteiger partial charge is 0.493 e. The number of aryl methyl sites for hydroxylation is 1. The fraction of sp³-hybridized carbons (Fsp3) is 0.350. The number of nitrogens with two attached hydrogens (primary N) is 1. The van der Waals surface area contributed by atoms with E-state index in [2.05, 4.69) is 47.6 Å². The molecular weight excluding hydrogens is 330 g/mol. The van der Waals surface area contributed by atoms with Gasteiger partial charge >= 0.3 is 0 Å². The van der Waals surface area contributed by atoms with E-state index in [0.29, 0.717) is 12.6 Å². The molecule has 1 atom stereocenters. The van der Waals surface area contributed by atoms with Gasteiger partial charge in [0.25, 0.3) is 0 Å². The second kappa shape index (κ2) is 8.81. The molecule has 0 aromatic heterocycles. The Bertz CT molecular complexity index is 715. The molecule has 0 saturated heterocycles. The van der Waals surface area contributed by atoms with Gasteiger partial charge in [0.2, 0.25) is 0 Å². The number of thioether (sulfide) groups is 1. The minimum absolute atomic E-state index is 0.175. The van der Waals surface area contributed by atoms with Crippen LogP contribution in [0.1, 0.15) is 29.2 Å². The van der Waals surface area contributed by atoms with Gasteiger partial charge in [-0.25, -0.2) is 0 Å². The van der Waals surface area contributed by atoms with E-state index in [-0.39, 0.29) is 6.04 Å². The highest BCUT2D eigenvalue weighted by atomic mass is 32.2. The Hall–Kier alpha value is -2.14. The van der Waals surface area contributed by atoms with E-state index in [9.17, 15) is 0 Å². The standard InChI is InChI=1S/C20H25N3OS/c1-15-6-8-16(9-7-15)14-25-13-11-22-20(21)23-18-10-12-24-19-5-3-2-4-17(18)19/h2-9,18H,10-14H2,1H3,(H3,21,22,23). The predicted octanol–water partition coefficient (Wildman–Crippen LogP) is 3.66. The number of rotatable bonds is 6. The molecule has 2 aromatic carbocycles. The lowest BCUT2D eigenvalue weighted by atomic mass is 10.0. The van der Waals surface area contributed by atoms with Gasteiger partial charge in [-0.3, -0.25) is 4.99 Å². The van der Waals surface area contributed by atoms with E-state index in [4.69, 9.17) is 10.5 Å². The highest BCUT2D eigenvalue weighted by molar-refractivity contribution is 7.98. The summed E-state index contributed by atoms with van der Waals surface area (Å²) in [6, 6.07) is 16.9. The summed E-state index contributed by atoms with van der Waals surface area (Å²) in [5, 5.41) is 3.33. The van der Waals surface area contributed by atoms with Crippen LogP contribution in [0, 0.1) is 6.92 Å². The van der Waals surface area contributed by atoms with Crippen LogP contribution in [0.5, 0.6) is 5.75 Å². The Morgan fingerprint density at radius 2 is 2.04 bits per heavy atom. The van der Waals surface area contributed by atoms with Crippen molar-refractivity contribution >= 4 is 17.7 Å². The highest BCUT2D eigenvalue weighted by Crippen LogP contribution is 2.31. The van der Waals surface area contributed by atoms with Crippen molar-refractivity contribution in [1.29, 1.82) is 0 Å². The van der Waals surface area contributed by atoms with Crippen LogP contribution in [0.3, 0.4) is 0 Å². The third-order valence-corrected chi connectivity index (χ3v) is 5.20. The van der Waals surface area contributed by atoms with Crippen LogP contribution < -0.4 is 15.8 Å². The predicted molar refractivity (Wildman–Crippen MR) is 106 cm³/mol. The smallest absolute Gasteiger partial charge is 0.189 e. The number of aliphatic imine (C=N–C) groups is 1. The molecule has 0 bridgehead atoms. The van der Waals surface area contributed by atoms with Crippen molar-refractivity contribution in [3.8, 4) is 5.75 Å². The number of hydrogen-bond donors (Lipinski definition) is 2. The minimum atomic E-state index is 0.175. The molecule has 132 valence electrons. The number of ether oxygens (including phenoxy) is 1. The third kappa shape index (κ3) is 5.16. The van der Waals surface area contributed by atoms with E-state index >= 15 is 0 Å². The monoisotopic (exact) mass is 355 g/mol. The topological polar surface area (TPSA) is 59.6 Å². The van der Waals surface area contributed by atoms with Gasteiger partial charge in [0.1, 0.15) is 5.75 Å². The van der Waals surface area contributed by atoms with Gasteiger partial charge in [-0.15, -0.1) is 0 Å². The normalized spacial score (nSPS) is 16.8. The Morgan fingerprint density at radius 1 is 1.24 bits per heavy atom. The summed E-state index contributed by atoms with van der Waals surface area (Å²) in [6.07, 6.45) is 0.898. The van der Waals surface area contributed by atoms with Gasteiger partial charge < -0.3 is 15.8 Å². The molecule has 0 radical (unpaired) electrons. The van der Waals surface area contributed by atoms with Gasteiger partial charge in [-0.1, -0.05) is 48.0 Å². The first kappa shape index (κ1) is 17.7. The molecule has 1 aliphatic rings. The van der Waals surface area contributed by atoms with Crippen molar-refractivity contribution in [2.75, 3.05) is 18.9 Å². The van der Waals surface area contributed by atoms with E-state index in [1.165, 1.54) is 11.1 Å². The van der Waals surface area contributed by atoms with Crippen LogP contribution >= 0.6 is 11.8 Å². The fourth-order valence-corrected chi connectivity index (χ4v) is 3.61. The lowest BCUT2D eigenvalue weighted by Crippen LogP contribution is -2.37. The van der Waals surface area contributed by atoms with Gasteiger partial charge in [0.05, 0.1) is 19.2 Å². The first-order valence-corrected chi connectivity index (χ1v) is 9.79. The molecule has 1 heterocycles. The molecule has 0 amide bonds. The van der Waals surface area contributed by atoms with E-state index in [1.54, 1.807) is 0 Å². The molecule has 2 aromatic rings. The Labute approximate surface area is 153 Å². The molecular formula is C20H25N3OS. The zero-order chi connectivity index (χ0) is 17.5. The second-order valence-electron chi connectivity index (χ2n) is 6.18. The quantitative estimate of drug-likeness (QED) is 0.472. The lowest BCUT2D eigenvalue weighted by molar-refractivity contribution is 0.262. The SMILES string of the molecule is Cc1ccc(CSCCN=C(N)NC2CCOc3ccccc32)cc1. The van der Waals surface area contributed by atoms with Crippen molar-refractivity contribution in [2.45, 2.75) is 25.1 Å². The van der Waals surface area contributed by atoms with Crippen LogP contribution in [0.2, 0.25) is 0 Å². The summed E-state index contributed by atoms with van der Waals surface area (Å²) in [6.45, 7) is 3.53. The van der Waals surface area contributed by atoms with Gasteiger partial charge in [-0.05, 0) is 18.6 Å². The first-order valence-electron chi connectivity index (χ1n) is 8.64. The summed E-state index contributed by atoms with van der Waals surface area (Å²) in [5.41, 5.74) is 9.86. The van der Waals surface area contributed by atoms with Crippen LogP contribution in [0.4, 0.5) is 0 Å². The molecule has 0 saturated carbocycles. The summed E-state index contributed by atoms with van der Waals surface area (Å²) in [4.78, 5) is 4.46. The lowest BCUT2D eigenvalue weighted by Gasteiger charge is -2.26. The van der Waals surface area contributed by atoms with E-state index < -0.39 is 0 Å². The van der Waals surface area contributed by atoms with Crippen LogP contribution in [-0.2, 0) is 5.75 Å². The highest BCUT2D eigenvalue weighted by Gasteiger charge is 2.21. The Kier molecular flexibility index (Phi) is 6.23. The van der Waals surface area contributed by atoms with Crippen LogP contribution in [0.15, 0.2) is 53.5 Å². The molecule has 5 heteroatoms. The van der Waals surface area contributed by atoms with Gasteiger partial charge in [-0.2, -0.15) is 11.8 Å². The molecule has 1 unspecified atom stereocenters. The molecule has 0 spiro atoms. The number of para-hydroxylation sites is 1. The molecule has 0 aliphatic carbocycles. The van der Waals surface area contributed by atoms with Gasteiger partial charge in [0.15, 0.2) is 5.96 Å². The zero-order valence-corrected chi connectivity index (χ0v) is 15.4. The molecule has 25 heavy (non-hydrogen) atoms. The van der Waals surface area contributed by atoms with Crippen molar-refractivity contribution in [3.63, 3.8) is 0 Å². The zero-order valence-electron chi connectivity index (χ0n) is 14.6. The number of hydrogen-bond acceptors (Lipinski definition) is 3. The van der Waals surface area contributed by atoms with Crippen molar-refractivity contribution in [3.05, 3.63) is 65.2 Å². The molecule has 0 fully saturated rings. The van der Waals surface area contributed by atoms with Crippen molar-refractivity contribution in [2.24, 2.45) is 10.7 Å². The molecule has 3 N–H and O–H groups in total. The van der Waals surface area contributed by atoms with E-state index in [1.807, 2.05) is 30.0 Å². The number of fused-ring (bicyclic) bond motifs is 1. The minimum Gasteiger partial charge on any atom is -0.493 e. The molecule has 4 nitrogen and oxygen atoms in total. The third-order valence-electron chi connectivity index (χ3n) is 4.19. The maximum Gasteiger partial charge on any atom is 0.189 e. The summed E-state index contributed by atoms with van der Waals surface area (Å²) in [5.74, 6) is 3.42. The Balaban J connectivity index is 1.43. The average Bonchev–Trinajstić information content (AvgIpc) is 2.63. The van der Waals surface area contributed by atoms with Gasteiger partial charge in [0, 0.05) is 23.5 Å². The van der Waals surface area contributed by atoms with Crippen molar-refractivity contribution < 1.29 is 4.74 Å². The van der Waals surface area contributed by atoms with Crippen LogP contribution in [-0.4, -0.2) is 24.9 Å². The molecule has 1 aliphatic heterocycles. The maximum absolute atomic E-state index is 6.06. The molecule has 3 rings (SSSR count). The van der Waals surface area contributed by atoms with Crippen LogP contribution in [0.25, 0.3) is 0 Å². The summed E-state index contributed by atoms with van der Waals surface area (Å²) in [7, 11) is 0. The average molecular weight is 356 g/mol. The number of benzene rings is 2. The first-order chi connectivity index (χ1) is 12.2. The Morgan fingerprint density at radius 3 is 2.88 bits per heavy atom. The maximum atomic E-state index is 6.06. The number of nitrogens with one attached hydrogen (secondary N) is 1. The second-order valence-corrected chi connectivity index (χ2v) is 7.28. The number of guanidine groups is 1. The number of nitrogens with zero attached hydrogens (tertiary/aromatic N) is 1.